The maximum Gasteiger partial charge on any atom is 0.201 e. The van der Waals surface area contributed by atoms with Crippen LogP contribution in [0.1, 0.15) is 30.0 Å². The minimum atomic E-state index is 0.594. The van der Waals surface area contributed by atoms with E-state index in [9.17, 15) is 0 Å². The van der Waals surface area contributed by atoms with Gasteiger partial charge in [0.2, 0.25) is 5.95 Å². The van der Waals surface area contributed by atoms with Gasteiger partial charge in [-0.25, -0.2) is 4.98 Å². The van der Waals surface area contributed by atoms with Gasteiger partial charge in [0.1, 0.15) is 0 Å². The van der Waals surface area contributed by atoms with Gasteiger partial charge >= 0.3 is 0 Å². The van der Waals surface area contributed by atoms with Gasteiger partial charge in [0.05, 0.1) is 11.0 Å². The molecule has 1 aliphatic rings. The van der Waals surface area contributed by atoms with Crippen molar-refractivity contribution >= 4 is 17.0 Å². The van der Waals surface area contributed by atoms with Gasteiger partial charge in [-0.05, 0) is 43.9 Å². The van der Waals surface area contributed by atoms with Gasteiger partial charge in [-0.3, -0.25) is 0 Å². The summed E-state index contributed by atoms with van der Waals surface area (Å²) in [5.41, 5.74) is 10.7. The van der Waals surface area contributed by atoms with Crippen LogP contribution < -0.4 is 5.73 Å². The van der Waals surface area contributed by atoms with Gasteiger partial charge in [0.25, 0.3) is 0 Å². The molecule has 0 unspecified atom stereocenters. The molecule has 1 heterocycles. The molecule has 3 nitrogen and oxygen atoms in total. The molecule has 3 heteroatoms. The van der Waals surface area contributed by atoms with Crippen LogP contribution in [0.2, 0.25) is 0 Å². The zero-order valence-corrected chi connectivity index (χ0v) is 9.12. The lowest BCUT2D eigenvalue weighted by molar-refractivity contribution is 0.779. The Hall–Kier alpha value is -1.51. The lowest BCUT2D eigenvalue weighted by Gasteiger charge is -2.04. The number of hydrogen-bond donors (Lipinski definition) is 1. The lowest BCUT2D eigenvalue weighted by atomic mass is 10.1. The molecule has 15 heavy (non-hydrogen) atoms. The van der Waals surface area contributed by atoms with Crippen LogP contribution in [0.4, 0.5) is 5.95 Å². The standard InChI is InChI=1S/C12H15N3/c1-7-5-8(2)11-10(6-7)15(9-3-4-9)12(13)14-11/h5-6,9H,3-4H2,1-2H3,(H2,13,14). The Morgan fingerprint density at radius 1 is 1.33 bits per heavy atom. The number of anilines is 1. The molecule has 0 radical (unpaired) electrons. The molecule has 3 rings (SSSR count). The molecule has 1 aliphatic carbocycles. The number of aromatic nitrogens is 2. The number of nitrogens with two attached hydrogens (primary N) is 1. The topological polar surface area (TPSA) is 43.8 Å². The first-order chi connectivity index (χ1) is 7.16. The Bertz CT molecular complexity index is 535. The minimum absolute atomic E-state index is 0.594. The van der Waals surface area contributed by atoms with E-state index >= 15 is 0 Å². The highest BCUT2D eigenvalue weighted by atomic mass is 15.2. The lowest BCUT2D eigenvalue weighted by Crippen LogP contribution is -2.00. The zero-order chi connectivity index (χ0) is 10.6. The number of imidazole rings is 1. The summed E-state index contributed by atoms with van der Waals surface area (Å²) in [5.74, 6) is 0.668. The number of fused-ring (bicyclic) bond motifs is 1. The molecule has 2 N–H and O–H groups in total. The van der Waals surface area contributed by atoms with Gasteiger partial charge in [0, 0.05) is 6.04 Å². The molecule has 0 atom stereocenters. The van der Waals surface area contributed by atoms with E-state index in [-0.39, 0.29) is 0 Å². The third-order valence-corrected chi connectivity index (χ3v) is 3.07. The van der Waals surface area contributed by atoms with Gasteiger partial charge in [-0.15, -0.1) is 0 Å². The Morgan fingerprint density at radius 3 is 2.73 bits per heavy atom. The smallest absolute Gasteiger partial charge is 0.201 e. The average Bonchev–Trinajstić information content (AvgIpc) is 2.91. The number of benzene rings is 1. The maximum absolute atomic E-state index is 5.97. The summed E-state index contributed by atoms with van der Waals surface area (Å²) in [6, 6.07) is 4.94. The van der Waals surface area contributed by atoms with E-state index in [4.69, 9.17) is 5.73 Å². The van der Waals surface area contributed by atoms with E-state index in [0.29, 0.717) is 12.0 Å². The van der Waals surface area contributed by atoms with Crippen LogP contribution in [0.5, 0.6) is 0 Å². The van der Waals surface area contributed by atoms with Crippen LogP contribution in [-0.2, 0) is 0 Å². The predicted octanol–water partition coefficient (Wildman–Crippen LogP) is 2.57. The summed E-state index contributed by atoms with van der Waals surface area (Å²) in [6.45, 7) is 4.21. The summed E-state index contributed by atoms with van der Waals surface area (Å²) in [5, 5.41) is 0. The summed E-state index contributed by atoms with van der Waals surface area (Å²) in [4.78, 5) is 4.46. The molecule has 2 aromatic rings. The highest BCUT2D eigenvalue weighted by molar-refractivity contribution is 5.82. The highest BCUT2D eigenvalue weighted by Crippen LogP contribution is 2.40. The Labute approximate surface area is 88.9 Å². The van der Waals surface area contributed by atoms with E-state index in [0.717, 1.165) is 5.52 Å². The van der Waals surface area contributed by atoms with Crippen LogP contribution >= 0.6 is 0 Å². The zero-order valence-electron chi connectivity index (χ0n) is 9.12. The van der Waals surface area contributed by atoms with Crippen molar-refractivity contribution in [3.63, 3.8) is 0 Å². The van der Waals surface area contributed by atoms with Crippen LogP contribution in [0.25, 0.3) is 11.0 Å². The van der Waals surface area contributed by atoms with E-state index in [1.165, 1.54) is 29.5 Å². The van der Waals surface area contributed by atoms with Crippen molar-refractivity contribution in [1.82, 2.24) is 9.55 Å². The normalized spacial score (nSPS) is 16.1. The van der Waals surface area contributed by atoms with Crippen LogP contribution in [0, 0.1) is 13.8 Å². The van der Waals surface area contributed by atoms with Crippen molar-refractivity contribution < 1.29 is 0 Å². The first-order valence-electron chi connectivity index (χ1n) is 5.41. The third kappa shape index (κ3) is 1.23. The van der Waals surface area contributed by atoms with Gasteiger partial charge in [-0.1, -0.05) is 6.07 Å². The number of hydrogen-bond acceptors (Lipinski definition) is 2. The Balaban J connectivity index is 2.38. The summed E-state index contributed by atoms with van der Waals surface area (Å²) < 4.78 is 2.19. The van der Waals surface area contributed by atoms with Crippen molar-refractivity contribution in [3.05, 3.63) is 23.3 Å². The summed E-state index contributed by atoms with van der Waals surface area (Å²) in [6.07, 6.45) is 2.48. The first-order valence-corrected chi connectivity index (χ1v) is 5.41. The molecular weight excluding hydrogens is 186 g/mol. The van der Waals surface area contributed by atoms with Gasteiger partial charge < -0.3 is 10.3 Å². The first kappa shape index (κ1) is 8.77. The van der Waals surface area contributed by atoms with E-state index in [2.05, 4.69) is 35.5 Å². The molecular formula is C12H15N3. The molecule has 0 saturated heterocycles. The monoisotopic (exact) mass is 201 g/mol. The Morgan fingerprint density at radius 2 is 2.07 bits per heavy atom. The van der Waals surface area contributed by atoms with Crippen molar-refractivity contribution in [3.8, 4) is 0 Å². The van der Waals surface area contributed by atoms with Crippen LogP contribution in [-0.4, -0.2) is 9.55 Å². The molecule has 78 valence electrons. The number of nitrogen functional groups attached to an aromatic ring is 1. The molecule has 0 spiro atoms. The second kappa shape index (κ2) is 2.75. The van der Waals surface area contributed by atoms with Gasteiger partial charge in [-0.2, -0.15) is 0 Å². The number of aryl methyl sites for hydroxylation is 2. The van der Waals surface area contributed by atoms with Crippen molar-refractivity contribution in [1.29, 1.82) is 0 Å². The van der Waals surface area contributed by atoms with Crippen molar-refractivity contribution in [2.24, 2.45) is 0 Å². The second-order valence-electron chi connectivity index (χ2n) is 4.52. The summed E-state index contributed by atoms with van der Waals surface area (Å²) >= 11 is 0. The Kier molecular flexibility index (Phi) is 1.61. The summed E-state index contributed by atoms with van der Waals surface area (Å²) in [7, 11) is 0. The molecule has 0 amide bonds. The molecule has 0 aliphatic heterocycles. The van der Waals surface area contributed by atoms with E-state index in [1.54, 1.807) is 0 Å². The number of nitrogens with zero attached hydrogens (tertiary/aromatic N) is 2. The SMILES string of the molecule is Cc1cc(C)c2nc(N)n(C3CC3)c2c1. The van der Waals surface area contributed by atoms with E-state index < -0.39 is 0 Å². The maximum atomic E-state index is 5.97. The van der Waals surface area contributed by atoms with E-state index in [1.807, 2.05) is 0 Å². The molecule has 1 aromatic carbocycles. The van der Waals surface area contributed by atoms with Crippen molar-refractivity contribution in [2.75, 3.05) is 5.73 Å². The van der Waals surface area contributed by atoms with Gasteiger partial charge in [0.15, 0.2) is 0 Å². The number of rotatable bonds is 1. The second-order valence-corrected chi connectivity index (χ2v) is 4.52. The third-order valence-electron chi connectivity index (χ3n) is 3.07. The average molecular weight is 201 g/mol. The quantitative estimate of drug-likeness (QED) is 0.770. The predicted molar refractivity (Wildman–Crippen MR) is 61.9 cm³/mol. The van der Waals surface area contributed by atoms with Crippen LogP contribution in [0.15, 0.2) is 12.1 Å². The highest BCUT2D eigenvalue weighted by Gasteiger charge is 2.27. The molecule has 1 aromatic heterocycles. The van der Waals surface area contributed by atoms with Crippen LogP contribution in [0.3, 0.4) is 0 Å². The molecule has 1 saturated carbocycles. The van der Waals surface area contributed by atoms with Crippen molar-refractivity contribution in [2.45, 2.75) is 32.7 Å². The fraction of sp³-hybridized carbons (Fsp3) is 0.417. The minimum Gasteiger partial charge on any atom is -0.369 e. The fourth-order valence-corrected chi connectivity index (χ4v) is 2.27. The molecule has 0 bridgehead atoms. The molecule has 1 fully saturated rings. The largest absolute Gasteiger partial charge is 0.369 e. The fourth-order valence-electron chi connectivity index (χ4n) is 2.27.